The van der Waals surface area contributed by atoms with Gasteiger partial charge in [-0.25, -0.2) is 0 Å². The van der Waals surface area contributed by atoms with Gasteiger partial charge < -0.3 is 29.1 Å². The third kappa shape index (κ3) is 7.78. The van der Waals surface area contributed by atoms with Crippen molar-refractivity contribution in [2.75, 3.05) is 45.7 Å². The molecule has 0 spiro atoms. The molecule has 1 unspecified atom stereocenters. The lowest BCUT2D eigenvalue weighted by molar-refractivity contribution is -0.117. The molecule has 9 nitrogen and oxygen atoms in total. The monoisotopic (exact) mass is 460 g/mol. The van der Waals surface area contributed by atoms with E-state index in [-0.39, 0.29) is 24.4 Å². The Morgan fingerprint density at radius 3 is 2.24 bits per heavy atom. The fourth-order valence-electron chi connectivity index (χ4n) is 3.59. The fraction of sp³-hybridized carbons (Fsp3) is 0.542. The van der Waals surface area contributed by atoms with E-state index >= 15 is 0 Å². The van der Waals surface area contributed by atoms with E-state index in [1.165, 1.54) is 14.2 Å². The lowest BCUT2D eigenvalue weighted by atomic mass is 10.1. The van der Waals surface area contributed by atoms with Crippen molar-refractivity contribution in [1.82, 2.24) is 15.0 Å². The number of carbonyl (C=O) groups excluding carboxylic acids is 2. The SMILES string of the molecule is CCN(CC)CCCC(C)N(CC(=O)Nc1cc(C)on1)C(=O)c1cc(OC)cc(OC)c1. The molecular weight excluding hydrogens is 424 g/mol. The highest BCUT2D eigenvalue weighted by atomic mass is 16.5. The van der Waals surface area contributed by atoms with Crippen molar-refractivity contribution in [1.29, 1.82) is 0 Å². The molecule has 0 aliphatic carbocycles. The van der Waals surface area contributed by atoms with E-state index in [9.17, 15) is 9.59 Å². The Labute approximate surface area is 196 Å². The number of rotatable bonds is 13. The first-order valence-electron chi connectivity index (χ1n) is 11.3. The van der Waals surface area contributed by atoms with Gasteiger partial charge in [0, 0.05) is 23.7 Å². The van der Waals surface area contributed by atoms with Gasteiger partial charge in [0.1, 0.15) is 23.8 Å². The quantitative estimate of drug-likeness (QED) is 0.488. The van der Waals surface area contributed by atoms with Crippen LogP contribution in [-0.4, -0.2) is 73.2 Å². The van der Waals surface area contributed by atoms with E-state index < -0.39 is 0 Å². The minimum absolute atomic E-state index is 0.114. The molecule has 182 valence electrons. The third-order valence-corrected chi connectivity index (χ3v) is 5.59. The first-order chi connectivity index (χ1) is 15.8. The highest BCUT2D eigenvalue weighted by Crippen LogP contribution is 2.24. The number of methoxy groups -OCH3 is 2. The van der Waals surface area contributed by atoms with Gasteiger partial charge in [-0.2, -0.15) is 0 Å². The molecule has 1 atom stereocenters. The summed E-state index contributed by atoms with van der Waals surface area (Å²) in [6.45, 7) is 10.8. The number of carbonyl (C=O) groups is 2. The molecule has 0 saturated carbocycles. The summed E-state index contributed by atoms with van der Waals surface area (Å²) in [4.78, 5) is 30.2. The molecule has 0 bridgehead atoms. The minimum Gasteiger partial charge on any atom is -0.497 e. The average molecular weight is 461 g/mol. The highest BCUT2D eigenvalue weighted by molar-refractivity contribution is 5.99. The van der Waals surface area contributed by atoms with E-state index in [1.54, 1.807) is 36.1 Å². The molecule has 2 rings (SSSR count). The topological polar surface area (TPSA) is 97.1 Å². The molecular formula is C24H36N4O5. The van der Waals surface area contributed by atoms with Crippen LogP contribution in [0.3, 0.4) is 0 Å². The number of hydrogen-bond acceptors (Lipinski definition) is 7. The maximum atomic E-state index is 13.5. The number of benzene rings is 1. The first-order valence-corrected chi connectivity index (χ1v) is 11.3. The van der Waals surface area contributed by atoms with Gasteiger partial charge in [-0.3, -0.25) is 9.59 Å². The Balaban J connectivity index is 2.21. The zero-order chi connectivity index (χ0) is 24.4. The number of amides is 2. The molecule has 0 aliphatic heterocycles. The summed E-state index contributed by atoms with van der Waals surface area (Å²) in [5.41, 5.74) is 0.395. The van der Waals surface area contributed by atoms with Crippen LogP contribution in [0.4, 0.5) is 5.82 Å². The Kier molecular flexibility index (Phi) is 10.2. The summed E-state index contributed by atoms with van der Waals surface area (Å²) in [5.74, 6) is 1.31. The normalized spacial score (nSPS) is 11.8. The van der Waals surface area contributed by atoms with Crippen LogP contribution in [-0.2, 0) is 4.79 Å². The number of anilines is 1. The highest BCUT2D eigenvalue weighted by Gasteiger charge is 2.25. The number of aromatic nitrogens is 1. The summed E-state index contributed by atoms with van der Waals surface area (Å²) >= 11 is 0. The van der Waals surface area contributed by atoms with E-state index in [0.717, 1.165) is 32.5 Å². The number of nitrogens with zero attached hydrogens (tertiary/aromatic N) is 3. The van der Waals surface area contributed by atoms with Crippen molar-refractivity contribution in [3.8, 4) is 11.5 Å². The van der Waals surface area contributed by atoms with Gasteiger partial charge in [-0.15, -0.1) is 0 Å². The van der Waals surface area contributed by atoms with Gasteiger partial charge in [-0.1, -0.05) is 19.0 Å². The maximum Gasteiger partial charge on any atom is 0.254 e. The second-order valence-corrected chi connectivity index (χ2v) is 7.92. The Morgan fingerprint density at radius 1 is 1.09 bits per heavy atom. The van der Waals surface area contributed by atoms with Gasteiger partial charge in [-0.05, 0) is 58.5 Å². The number of ether oxygens (including phenoxy) is 2. The predicted octanol–water partition coefficient (Wildman–Crippen LogP) is 3.59. The molecule has 2 aromatic rings. The van der Waals surface area contributed by atoms with Crippen LogP contribution >= 0.6 is 0 Å². The summed E-state index contributed by atoms with van der Waals surface area (Å²) in [5, 5.41) is 6.49. The molecule has 9 heteroatoms. The second kappa shape index (κ2) is 12.8. The van der Waals surface area contributed by atoms with Crippen molar-refractivity contribution < 1.29 is 23.6 Å². The summed E-state index contributed by atoms with van der Waals surface area (Å²) in [6.07, 6.45) is 1.68. The smallest absolute Gasteiger partial charge is 0.254 e. The van der Waals surface area contributed by atoms with Crippen LogP contribution in [0.5, 0.6) is 11.5 Å². The summed E-state index contributed by atoms with van der Waals surface area (Å²) in [7, 11) is 3.06. The van der Waals surface area contributed by atoms with Gasteiger partial charge in [0.25, 0.3) is 5.91 Å². The van der Waals surface area contributed by atoms with Crippen molar-refractivity contribution >= 4 is 17.6 Å². The molecule has 0 aliphatic rings. The van der Waals surface area contributed by atoms with Crippen molar-refractivity contribution in [3.05, 3.63) is 35.6 Å². The lowest BCUT2D eigenvalue weighted by Gasteiger charge is -2.30. The standard InChI is InChI=1S/C24H36N4O5/c1-7-27(8-2)11-9-10-17(3)28(16-23(29)25-22-12-18(4)33-26-22)24(30)19-13-20(31-5)15-21(14-19)32-6/h12-15,17H,7-11,16H2,1-6H3,(H,25,26,29). The lowest BCUT2D eigenvalue weighted by Crippen LogP contribution is -2.44. The van der Waals surface area contributed by atoms with E-state index in [0.29, 0.717) is 28.6 Å². The Morgan fingerprint density at radius 2 is 1.73 bits per heavy atom. The molecule has 1 aromatic carbocycles. The van der Waals surface area contributed by atoms with Crippen molar-refractivity contribution in [2.24, 2.45) is 0 Å². The number of aryl methyl sites for hydroxylation is 1. The molecule has 0 radical (unpaired) electrons. The predicted molar refractivity (Wildman–Crippen MR) is 127 cm³/mol. The second-order valence-electron chi connectivity index (χ2n) is 7.92. The summed E-state index contributed by atoms with van der Waals surface area (Å²) in [6, 6.07) is 6.48. The first kappa shape index (κ1) is 26.2. The van der Waals surface area contributed by atoms with Crippen LogP contribution in [0.15, 0.2) is 28.8 Å². The van der Waals surface area contributed by atoms with Crippen LogP contribution in [0.1, 0.15) is 49.7 Å². The van der Waals surface area contributed by atoms with E-state index in [2.05, 4.69) is 29.2 Å². The van der Waals surface area contributed by atoms with Crippen LogP contribution in [0, 0.1) is 6.92 Å². The van der Waals surface area contributed by atoms with E-state index in [4.69, 9.17) is 14.0 Å². The summed E-state index contributed by atoms with van der Waals surface area (Å²) < 4.78 is 15.6. The molecule has 1 N–H and O–H groups in total. The number of nitrogens with one attached hydrogen (secondary N) is 1. The van der Waals surface area contributed by atoms with Gasteiger partial charge in [0.05, 0.1) is 14.2 Å². The van der Waals surface area contributed by atoms with Gasteiger partial charge in [0.15, 0.2) is 5.82 Å². The minimum atomic E-state index is -0.345. The zero-order valence-corrected chi connectivity index (χ0v) is 20.5. The maximum absolute atomic E-state index is 13.5. The van der Waals surface area contributed by atoms with E-state index in [1.807, 2.05) is 6.92 Å². The Hall–Kier alpha value is -3.07. The van der Waals surface area contributed by atoms with Crippen LogP contribution < -0.4 is 14.8 Å². The third-order valence-electron chi connectivity index (χ3n) is 5.59. The van der Waals surface area contributed by atoms with Gasteiger partial charge >= 0.3 is 0 Å². The molecule has 1 aromatic heterocycles. The molecule has 1 heterocycles. The van der Waals surface area contributed by atoms with Crippen LogP contribution in [0.25, 0.3) is 0 Å². The van der Waals surface area contributed by atoms with Crippen LogP contribution in [0.2, 0.25) is 0 Å². The average Bonchev–Trinajstić information content (AvgIpc) is 3.23. The largest absolute Gasteiger partial charge is 0.497 e. The Bertz CT molecular complexity index is 888. The van der Waals surface area contributed by atoms with Crippen molar-refractivity contribution in [2.45, 2.75) is 46.6 Å². The molecule has 2 amide bonds. The van der Waals surface area contributed by atoms with Gasteiger partial charge in [0.2, 0.25) is 5.91 Å². The molecule has 0 saturated heterocycles. The van der Waals surface area contributed by atoms with Crippen molar-refractivity contribution in [3.63, 3.8) is 0 Å². The zero-order valence-electron chi connectivity index (χ0n) is 20.5. The molecule has 33 heavy (non-hydrogen) atoms. The fourth-order valence-corrected chi connectivity index (χ4v) is 3.59. The number of hydrogen-bond donors (Lipinski definition) is 1. The molecule has 0 fully saturated rings.